The Labute approximate surface area is 125 Å². The zero-order chi connectivity index (χ0) is 15.5. The molecule has 1 amide bonds. The molecule has 0 aromatic heterocycles. The summed E-state index contributed by atoms with van der Waals surface area (Å²) in [5, 5.41) is 2.99. The molecule has 1 saturated heterocycles. The fourth-order valence-corrected chi connectivity index (χ4v) is 4.06. The van der Waals surface area contributed by atoms with Crippen LogP contribution in [0.2, 0.25) is 0 Å². The van der Waals surface area contributed by atoms with Gasteiger partial charge in [-0.15, -0.1) is 0 Å². The number of rotatable bonds is 5. The minimum absolute atomic E-state index is 0.204. The number of aryl methyl sites for hydroxylation is 1. The number of primary amides is 1. The lowest BCUT2D eigenvalue weighted by atomic mass is 10.1. The maximum absolute atomic E-state index is 12.7. The average molecular weight is 311 g/mol. The molecular formula is C14H21N3O3S. The van der Waals surface area contributed by atoms with Crippen LogP contribution in [0.4, 0.5) is 0 Å². The molecule has 21 heavy (non-hydrogen) atoms. The molecule has 0 spiro atoms. The number of nitrogens with zero attached hydrogens (tertiary/aromatic N) is 1. The first-order valence-corrected chi connectivity index (χ1v) is 8.51. The second-order valence-corrected chi connectivity index (χ2v) is 7.02. The predicted molar refractivity (Wildman–Crippen MR) is 80.2 cm³/mol. The lowest BCUT2D eigenvalue weighted by Crippen LogP contribution is -2.58. The number of nitrogens with one attached hydrogen (secondary N) is 1. The molecule has 1 heterocycles. The van der Waals surface area contributed by atoms with Crippen LogP contribution >= 0.6 is 0 Å². The lowest BCUT2D eigenvalue weighted by Gasteiger charge is -2.33. The summed E-state index contributed by atoms with van der Waals surface area (Å²) in [6.45, 7) is 3.08. The van der Waals surface area contributed by atoms with Crippen molar-refractivity contribution in [1.29, 1.82) is 0 Å². The Morgan fingerprint density at radius 1 is 1.38 bits per heavy atom. The quantitative estimate of drug-likeness (QED) is 0.806. The predicted octanol–water partition coefficient (Wildman–Crippen LogP) is 0.0869. The van der Waals surface area contributed by atoms with E-state index in [1.807, 2.05) is 12.1 Å². The zero-order valence-corrected chi connectivity index (χ0v) is 12.9. The Morgan fingerprint density at radius 3 is 2.62 bits per heavy atom. The Morgan fingerprint density at radius 2 is 2.05 bits per heavy atom. The van der Waals surface area contributed by atoms with Crippen molar-refractivity contribution < 1.29 is 13.2 Å². The second kappa shape index (κ2) is 6.55. The molecule has 1 atom stereocenters. The molecule has 1 unspecified atom stereocenters. The van der Waals surface area contributed by atoms with E-state index in [9.17, 15) is 13.2 Å². The third kappa shape index (κ3) is 3.42. The summed E-state index contributed by atoms with van der Waals surface area (Å²) < 4.78 is 26.5. The molecule has 1 fully saturated rings. The molecule has 1 aliphatic heterocycles. The van der Waals surface area contributed by atoms with Gasteiger partial charge in [-0.25, -0.2) is 8.42 Å². The fourth-order valence-electron chi connectivity index (χ4n) is 2.47. The zero-order valence-electron chi connectivity index (χ0n) is 12.1. The van der Waals surface area contributed by atoms with Crippen LogP contribution in [-0.2, 0) is 21.2 Å². The number of sulfonamides is 1. The van der Waals surface area contributed by atoms with Gasteiger partial charge in [-0.1, -0.05) is 25.5 Å². The molecule has 6 nitrogen and oxygen atoms in total. The summed E-state index contributed by atoms with van der Waals surface area (Å²) in [6, 6.07) is 6.00. The normalized spacial score (nSPS) is 20.3. The number of carbonyl (C=O) groups excluding carboxylic acids is 1. The van der Waals surface area contributed by atoms with Crippen LogP contribution in [0.1, 0.15) is 18.9 Å². The highest BCUT2D eigenvalue weighted by atomic mass is 32.2. The van der Waals surface area contributed by atoms with Crippen LogP contribution in [0.3, 0.4) is 0 Å². The van der Waals surface area contributed by atoms with E-state index in [4.69, 9.17) is 5.73 Å². The molecule has 1 aromatic rings. The third-order valence-electron chi connectivity index (χ3n) is 3.59. The Balaban J connectivity index is 2.29. The smallest absolute Gasteiger partial charge is 0.243 e. The van der Waals surface area contributed by atoms with Crippen LogP contribution in [0.25, 0.3) is 0 Å². The summed E-state index contributed by atoms with van der Waals surface area (Å²) in [6.07, 6.45) is 1.92. The van der Waals surface area contributed by atoms with Crippen LogP contribution in [-0.4, -0.2) is 44.3 Å². The maximum Gasteiger partial charge on any atom is 0.243 e. The highest BCUT2D eigenvalue weighted by Crippen LogP contribution is 2.20. The van der Waals surface area contributed by atoms with Gasteiger partial charge in [0.1, 0.15) is 6.04 Å². The van der Waals surface area contributed by atoms with E-state index in [0.29, 0.717) is 6.54 Å². The highest BCUT2D eigenvalue weighted by molar-refractivity contribution is 7.89. The number of hydrogen-bond donors (Lipinski definition) is 2. The van der Waals surface area contributed by atoms with Gasteiger partial charge in [0, 0.05) is 19.6 Å². The summed E-state index contributed by atoms with van der Waals surface area (Å²) in [4.78, 5) is 11.7. The molecule has 3 N–H and O–H groups in total. The van der Waals surface area contributed by atoms with E-state index in [2.05, 4.69) is 12.2 Å². The van der Waals surface area contributed by atoms with Crippen molar-refractivity contribution in [1.82, 2.24) is 9.62 Å². The van der Waals surface area contributed by atoms with E-state index in [1.165, 1.54) is 4.31 Å². The minimum Gasteiger partial charge on any atom is -0.368 e. The Hall–Kier alpha value is -1.44. The van der Waals surface area contributed by atoms with Crippen molar-refractivity contribution in [3.05, 3.63) is 29.8 Å². The number of piperazine rings is 1. The maximum atomic E-state index is 12.7. The molecule has 2 rings (SSSR count). The van der Waals surface area contributed by atoms with Gasteiger partial charge < -0.3 is 11.1 Å². The highest BCUT2D eigenvalue weighted by Gasteiger charge is 2.36. The summed E-state index contributed by atoms with van der Waals surface area (Å²) in [5.74, 6) is -0.631. The SMILES string of the molecule is CCCc1ccc(S(=O)(=O)N2CCNCC2C(N)=O)cc1. The topological polar surface area (TPSA) is 92.5 Å². The van der Waals surface area contributed by atoms with Crippen LogP contribution in [0, 0.1) is 0 Å². The molecule has 0 radical (unpaired) electrons. The molecule has 7 heteroatoms. The van der Waals surface area contributed by atoms with Crippen molar-refractivity contribution in [3.8, 4) is 0 Å². The van der Waals surface area contributed by atoms with Crippen molar-refractivity contribution in [3.63, 3.8) is 0 Å². The van der Waals surface area contributed by atoms with Gasteiger partial charge in [0.25, 0.3) is 0 Å². The van der Waals surface area contributed by atoms with Crippen molar-refractivity contribution in [2.45, 2.75) is 30.7 Å². The first-order chi connectivity index (χ1) is 9.96. The Bertz CT molecular complexity index is 598. The van der Waals surface area contributed by atoms with Gasteiger partial charge in [-0.3, -0.25) is 4.79 Å². The van der Waals surface area contributed by atoms with Gasteiger partial charge in [0.2, 0.25) is 15.9 Å². The molecule has 0 bridgehead atoms. The van der Waals surface area contributed by atoms with Crippen molar-refractivity contribution >= 4 is 15.9 Å². The molecule has 116 valence electrons. The van der Waals surface area contributed by atoms with Gasteiger partial charge >= 0.3 is 0 Å². The van der Waals surface area contributed by atoms with E-state index in [0.717, 1.165) is 18.4 Å². The van der Waals surface area contributed by atoms with Gasteiger partial charge in [0.05, 0.1) is 4.90 Å². The number of hydrogen-bond acceptors (Lipinski definition) is 4. The largest absolute Gasteiger partial charge is 0.368 e. The summed E-state index contributed by atoms with van der Waals surface area (Å²) in [7, 11) is -3.70. The van der Waals surface area contributed by atoms with Crippen molar-refractivity contribution in [2.75, 3.05) is 19.6 Å². The molecule has 0 saturated carbocycles. The Kier molecular flexibility index (Phi) is 4.97. The summed E-state index contributed by atoms with van der Waals surface area (Å²) in [5.41, 5.74) is 6.41. The second-order valence-electron chi connectivity index (χ2n) is 5.13. The van der Waals surface area contributed by atoms with Crippen LogP contribution in [0.5, 0.6) is 0 Å². The summed E-state index contributed by atoms with van der Waals surface area (Å²) >= 11 is 0. The molecular weight excluding hydrogens is 290 g/mol. The average Bonchev–Trinajstić information content (AvgIpc) is 2.48. The van der Waals surface area contributed by atoms with Gasteiger partial charge in [0.15, 0.2) is 0 Å². The molecule has 1 aromatic carbocycles. The van der Waals surface area contributed by atoms with Crippen molar-refractivity contribution in [2.24, 2.45) is 5.73 Å². The van der Waals surface area contributed by atoms with Gasteiger partial charge in [-0.2, -0.15) is 4.31 Å². The van der Waals surface area contributed by atoms with Gasteiger partial charge in [-0.05, 0) is 24.1 Å². The number of benzene rings is 1. The van der Waals surface area contributed by atoms with E-state index in [-0.39, 0.29) is 18.0 Å². The number of carbonyl (C=O) groups is 1. The first-order valence-electron chi connectivity index (χ1n) is 7.07. The van der Waals surface area contributed by atoms with Crippen LogP contribution < -0.4 is 11.1 Å². The number of nitrogens with two attached hydrogens (primary N) is 1. The minimum atomic E-state index is -3.70. The number of amides is 1. The first kappa shape index (κ1) is 15.9. The van der Waals surface area contributed by atoms with Crippen LogP contribution in [0.15, 0.2) is 29.2 Å². The monoisotopic (exact) mass is 311 g/mol. The van der Waals surface area contributed by atoms with E-state index < -0.39 is 22.0 Å². The lowest BCUT2D eigenvalue weighted by molar-refractivity contribution is -0.122. The van der Waals surface area contributed by atoms with E-state index in [1.54, 1.807) is 12.1 Å². The third-order valence-corrected chi connectivity index (χ3v) is 5.51. The van der Waals surface area contributed by atoms with E-state index >= 15 is 0 Å². The fraction of sp³-hybridized carbons (Fsp3) is 0.500. The molecule has 1 aliphatic rings. The standard InChI is InChI=1S/C14H21N3O3S/c1-2-3-11-4-6-12(7-5-11)21(19,20)17-9-8-16-10-13(17)14(15)18/h4-7,13,16H,2-3,8-10H2,1H3,(H2,15,18). The molecule has 0 aliphatic carbocycles.